The normalized spacial score (nSPS) is 24.9. The highest BCUT2D eigenvalue weighted by Gasteiger charge is 2.48. The molecule has 0 fully saturated rings. The molecule has 0 radical (unpaired) electrons. The molecule has 1 aromatic carbocycles. The first-order chi connectivity index (χ1) is 8.68. The molecule has 0 N–H and O–H groups in total. The van der Waals surface area contributed by atoms with Crippen molar-refractivity contribution in [1.29, 1.82) is 5.26 Å². The van der Waals surface area contributed by atoms with Crippen LogP contribution >= 0.6 is 0 Å². The number of rotatable bonds is 2. The van der Waals surface area contributed by atoms with Crippen LogP contribution < -0.4 is 4.90 Å². The maximum Gasteiger partial charge on any atom is 0.237 e. The third-order valence-corrected chi connectivity index (χ3v) is 4.27. The predicted molar refractivity (Wildman–Crippen MR) is 69.3 cm³/mol. The Morgan fingerprint density at radius 1 is 1.50 bits per heavy atom. The smallest absolute Gasteiger partial charge is 0.237 e. The van der Waals surface area contributed by atoms with Gasteiger partial charge >= 0.3 is 0 Å². The van der Waals surface area contributed by atoms with Crippen LogP contribution in [0.25, 0.3) is 0 Å². The van der Waals surface area contributed by atoms with Gasteiger partial charge in [-0.1, -0.05) is 18.2 Å². The summed E-state index contributed by atoms with van der Waals surface area (Å²) in [6.45, 7) is 2.81. The molecule has 1 atom stereocenters. The van der Waals surface area contributed by atoms with Gasteiger partial charge in [-0.15, -0.1) is 0 Å². The number of nitriles is 1. The van der Waals surface area contributed by atoms with Crippen LogP contribution in [0.1, 0.15) is 37.3 Å². The van der Waals surface area contributed by atoms with Crippen LogP contribution in [0.15, 0.2) is 18.2 Å². The van der Waals surface area contributed by atoms with Crippen LogP contribution in [-0.2, 0) is 16.6 Å². The van der Waals surface area contributed by atoms with Crippen molar-refractivity contribution in [3.63, 3.8) is 0 Å². The van der Waals surface area contributed by atoms with E-state index in [-0.39, 0.29) is 5.91 Å². The minimum atomic E-state index is -0.495. The molecule has 0 aliphatic carbocycles. The molecule has 3 nitrogen and oxygen atoms in total. The summed E-state index contributed by atoms with van der Waals surface area (Å²) in [5.41, 5.74) is 3.05. The molecule has 0 bridgehead atoms. The largest absolute Gasteiger partial charge is 0.311 e. The maximum absolute atomic E-state index is 12.6. The van der Waals surface area contributed by atoms with Gasteiger partial charge in [0.2, 0.25) is 5.91 Å². The molecule has 3 heteroatoms. The van der Waals surface area contributed by atoms with Gasteiger partial charge in [0.05, 0.1) is 17.2 Å². The third kappa shape index (κ3) is 1.32. The first kappa shape index (κ1) is 11.3. The third-order valence-electron chi connectivity index (χ3n) is 4.27. The van der Waals surface area contributed by atoms with E-state index in [0.717, 1.165) is 30.6 Å². The second-order valence-corrected chi connectivity index (χ2v) is 5.36. The summed E-state index contributed by atoms with van der Waals surface area (Å²) in [4.78, 5) is 14.6. The minimum absolute atomic E-state index is 0.180. The number of amides is 1. The van der Waals surface area contributed by atoms with Gasteiger partial charge in [-0.3, -0.25) is 4.79 Å². The lowest BCUT2D eigenvalue weighted by Crippen LogP contribution is -2.39. The number of para-hydroxylation sites is 1. The Kier molecular flexibility index (Phi) is 2.41. The standard InChI is InChI=1S/C15H16N2O/c1-15(8-4-9-16)12-7-2-5-11-6-3-10-17(13(11)12)14(15)18/h2,5,7H,3-4,6,8,10H2,1H3. The number of benzene rings is 1. The summed E-state index contributed by atoms with van der Waals surface area (Å²) in [5, 5.41) is 8.79. The van der Waals surface area contributed by atoms with Gasteiger partial charge in [-0.25, -0.2) is 0 Å². The topological polar surface area (TPSA) is 44.1 Å². The highest BCUT2D eigenvalue weighted by Crippen LogP contribution is 2.47. The van der Waals surface area contributed by atoms with Gasteiger partial charge in [-0.05, 0) is 37.3 Å². The summed E-state index contributed by atoms with van der Waals surface area (Å²) in [6.07, 6.45) is 3.15. The number of aryl methyl sites for hydroxylation is 1. The van der Waals surface area contributed by atoms with Crippen LogP contribution in [-0.4, -0.2) is 12.5 Å². The van der Waals surface area contributed by atoms with Gasteiger partial charge in [0.15, 0.2) is 0 Å². The van der Waals surface area contributed by atoms with Crippen molar-refractivity contribution >= 4 is 11.6 Å². The van der Waals surface area contributed by atoms with E-state index in [4.69, 9.17) is 5.26 Å². The second kappa shape index (κ2) is 3.84. The molecular formula is C15H16N2O. The maximum atomic E-state index is 12.6. The Bertz CT molecular complexity index is 558. The average molecular weight is 240 g/mol. The number of nitrogens with zero attached hydrogens (tertiary/aromatic N) is 2. The Morgan fingerprint density at radius 2 is 2.33 bits per heavy atom. The molecule has 3 rings (SSSR count). The van der Waals surface area contributed by atoms with E-state index in [0.29, 0.717) is 12.8 Å². The highest BCUT2D eigenvalue weighted by molar-refractivity contribution is 6.08. The summed E-state index contributed by atoms with van der Waals surface area (Å²) in [7, 11) is 0. The van der Waals surface area contributed by atoms with Crippen molar-refractivity contribution in [1.82, 2.24) is 0 Å². The molecular weight excluding hydrogens is 224 g/mol. The van der Waals surface area contributed by atoms with E-state index in [9.17, 15) is 4.79 Å². The molecule has 18 heavy (non-hydrogen) atoms. The molecule has 92 valence electrons. The zero-order valence-corrected chi connectivity index (χ0v) is 10.6. The molecule has 1 amide bonds. The Balaban J connectivity index is 2.14. The van der Waals surface area contributed by atoms with Crippen LogP contribution in [0.5, 0.6) is 0 Å². The van der Waals surface area contributed by atoms with Crippen molar-refractivity contribution in [2.24, 2.45) is 0 Å². The highest BCUT2D eigenvalue weighted by atomic mass is 16.2. The summed E-state index contributed by atoms with van der Waals surface area (Å²) in [6, 6.07) is 8.38. The minimum Gasteiger partial charge on any atom is -0.311 e. The van der Waals surface area contributed by atoms with Gasteiger partial charge in [0.1, 0.15) is 0 Å². The monoisotopic (exact) mass is 240 g/mol. The van der Waals surface area contributed by atoms with E-state index in [1.807, 2.05) is 17.9 Å². The van der Waals surface area contributed by atoms with Crippen molar-refractivity contribution < 1.29 is 4.79 Å². The van der Waals surface area contributed by atoms with E-state index in [2.05, 4.69) is 18.2 Å². The Labute approximate surface area is 107 Å². The van der Waals surface area contributed by atoms with E-state index < -0.39 is 5.41 Å². The second-order valence-electron chi connectivity index (χ2n) is 5.36. The molecule has 1 aromatic rings. The lowest BCUT2D eigenvalue weighted by Gasteiger charge is -2.26. The molecule has 0 spiro atoms. The van der Waals surface area contributed by atoms with E-state index >= 15 is 0 Å². The van der Waals surface area contributed by atoms with Gasteiger partial charge in [0.25, 0.3) is 0 Å². The van der Waals surface area contributed by atoms with E-state index in [1.165, 1.54) is 5.56 Å². The van der Waals surface area contributed by atoms with Crippen LogP contribution in [0.4, 0.5) is 5.69 Å². The first-order valence-corrected chi connectivity index (χ1v) is 6.50. The van der Waals surface area contributed by atoms with Crippen molar-refractivity contribution in [2.45, 2.75) is 38.0 Å². The lowest BCUT2D eigenvalue weighted by molar-refractivity contribution is -0.122. The number of carbonyl (C=O) groups is 1. The van der Waals surface area contributed by atoms with Gasteiger partial charge < -0.3 is 4.90 Å². The number of anilines is 1. The van der Waals surface area contributed by atoms with Crippen molar-refractivity contribution in [3.05, 3.63) is 29.3 Å². The Hall–Kier alpha value is -1.82. The van der Waals surface area contributed by atoms with Crippen LogP contribution in [0, 0.1) is 11.3 Å². The number of hydrogen-bond acceptors (Lipinski definition) is 2. The molecule has 0 saturated carbocycles. The molecule has 2 aliphatic heterocycles. The molecule has 0 aromatic heterocycles. The van der Waals surface area contributed by atoms with Crippen molar-refractivity contribution in [3.8, 4) is 6.07 Å². The molecule has 1 unspecified atom stereocenters. The Morgan fingerprint density at radius 3 is 3.11 bits per heavy atom. The summed E-state index contributed by atoms with van der Waals surface area (Å²) >= 11 is 0. The van der Waals surface area contributed by atoms with E-state index in [1.54, 1.807) is 0 Å². The first-order valence-electron chi connectivity index (χ1n) is 6.50. The fourth-order valence-electron chi connectivity index (χ4n) is 3.26. The molecule has 2 heterocycles. The average Bonchev–Trinajstić information content (AvgIpc) is 2.62. The predicted octanol–water partition coefficient (Wildman–Crippen LogP) is 2.54. The fraction of sp³-hybridized carbons (Fsp3) is 0.467. The fourth-order valence-corrected chi connectivity index (χ4v) is 3.26. The molecule has 2 aliphatic rings. The van der Waals surface area contributed by atoms with Gasteiger partial charge in [-0.2, -0.15) is 5.26 Å². The summed E-state index contributed by atoms with van der Waals surface area (Å²) < 4.78 is 0. The number of carbonyl (C=O) groups excluding carboxylic acids is 1. The van der Waals surface area contributed by atoms with Crippen molar-refractivity contribution in [2.75, 3.05) is 11.4 Å². The lowest BCUT2D eigenvalue weighted by atomic mass is 9.79. The SMILES string of the molecule is CC1(CCC#N)C(=O)N2CCCc3cccc1c32. The molecule has 0 saturated heterocycles. The quantitative estimate of drug-likeness (QED) is 0.797. The zero-order valence-electron chi connectivity index (χ0n) is 10.6. The number of hydrogen-bond donors (Lipinski definition) is 0. The van der Waals surface area contributed by atoms with Gasteiger partial charge in [0, 0.05) is 13.0 Å². The zero-order chi connectivity index (χ0) is 12.8. The van der Waals surface area contributed by atoms with Crippen LogP contribution in [0.3, 0.4) is 0 Å². The summed E-state index contributed by atoms with van der Waals surface area (Å²) in [5.74, 6) is 0.180. The van der Waals surface area contributed by atoms with Crippen LogP contribution in [0.2, 0.25) is 0 Å².